The van der Waals surface area contributed by atoms with Crippen molar-refractivity contribution in [3.05, 3.63) is 48.5 Å². The van der Waals surface area contributed by atoms with Crippen LogP contribution in [-0.2, 0) is 15.7 Å². The summed E-state index contributed by atoms with van der Waals surface area (Å²) in [6.45, 7) is 4.47. The van der Waals surface area contributed by atoms with Crippen LogP contribution in [0, 0.1) is 0 Å². The number of benzene rings is 2. The molecule has 0 N–H and O–H groups in total. The van der Waals surface area contributed by atoms with Crippen molar-refractivity contribution < 1.29 is 25.2 Å². The number of hydrogen-bond acceptors (Lipinski definition) is 6. The summed E-state index contributed by atoms with van der Waals surface area (Å²) in [5.41, 5.74) is 0. The van der Waals surface area contributed by atoms with Gasteiger partial charge in [0.1, 0.15) is 0 Å². The number of hydrogen-bond donors (Lipinski definition) is 0. The molecule has 0 spiro atoms. The van der Waals surface area contributed by atoms with Crippen molar-refractivity contribution in [1.82, 2.24) is 0 Å². The second-order valence-electron chi connectivity index (χ2n) is 12.2. The quantitative estimate of drug-likeness (QED) is 0.0710. The van der Waals surface area contributed by atoms with E-state index in [1.54, 1.807) is 14.2 Å². The zero-order valence-corrected chi connectivity index (χ0v) is 31.6. The Balaban J connectivity index is 2.13. The van der Waals surface area contributed by atoms with E-state index in [9.17, 15) is 9.59 Å². The fourth-order valence-electron chi connectivity index (χ4n) is 5.63. The number of carbonyl (C=O) groups excluding carboxylic acids is 2. The molecule has 7 heteroatoms. The molecule has 252 valence electrons. The monoisotopic (exact) mass is 732 g/mol. The van der Waals surface area contributed by atoms with Crippen molar-refractivity contribution >= 4 is 38.3 Å². The van der Waals surface area contributed by atoms with E-state index in [4.69, 9.17) is 15.6 Å². The van der Waals surface area contributed by atoms with Crippen LogP contribution in [0.15, 0.2) is 48.5 Å². The Kier molecular flexibility index (Phi) is 20.8. The maximum atomic E-state index is 13.5. The number of carbonyl (C=O) groups is 2. The van der Waals surface area contributed by atoms with Crippen molar-refractivity contribution in [3.63, 3.8) is 0 Å². The van der Waals surface area contributed by atoms with Gasteiger partial charge in [-0.2, -0.15) is 0 Å². The summed E-state index contributed by atoms with van der Waals surface area (Å²) in [5.74, 6) is 0.791. The van der Waals surface area contributed by atoms with E-state index in [1.165, 1.54) is 77.0 Å². The maximum absolute atomic E-state index is 13.5. The molecule has 0 bridgehead atoms. The third-order valence-corrected chi connectivity index (χ3v) is 17.6. The molecule has 0 saturated heterocycles. The standard InChI is InChI=1S/2C12H24O2.2C7H7O.Sn/c2*1-2-3-4-5-6-7-8-9-10-11-12(13)14;2*1-8-7-5-3-2-4-6-7;/h2*2-11H2,1H3,(H,13,14);2*3-6H,1H3;/q;;;;+2/p-2. The molecule has 0 aliphatic carbocycles. The van der Waals surface area contributed by atoms with Gasteiger partial charge in [0.2, 0.25) is 0 Å². The summed E-state index contributed by atoms with van der Waals surface area (Å²) in [7, 11) is 3.23. The van der Waals surface area contributed by atoms with Gasteiger partial charge in [0.25, 0.3) is 0 Å². The average Bonchev–Trinajstić information content (AvgIpc) is 3.06. The Bertz CT molecular complexity index is 967. The molecule has 0 atom stereocenters. The van der Waals surface area contributed by atoms with Gasteiger partial charge >= 0.3 is 266 Å². The molecule has 0 heterocycles. The van der Waals surface area contributed by atoms with E-state index < -0.39 is 19.2 Å². The van der Waals surface area contributed by atoms with Crippen LogP contribution in [0.2, 0.25) is 0 Å². The third kappa shape index (κ3) is 15.3. The Hall–Kier alpha value is -2.22. The topological polar surface area (TPSA) is 71.1 Å². The molecule has 45 heavy (non-hydrogen) atoms. The summed E-state index contributed by atoms with van der Waals surface area (Å²) < 4.78 is 25.2. The van der Waals surface area contributed by atoms with Crippen molar-refractivity contribution in [1.29, 1.82) is 0 Å². The first-order chi connectivity index (χ1) is 22.0. The third-order valence-electron chi connectivity index (χ3n) is 8.42. The van der Waals surface area contributed by atoms with Crippen LogP contribution in [-0.4, -0.2) is 45.4 Å². The summed E-state index contributed by atoms with van der Waals surface area (Å²) in [4.78, 5) is 26.9. The van der Waals surface area contributed by atoms with Gasteiger partial charge in [-0.15, -0.1) is 0 Å². The normalized spacial score (nSPS) is 11.3. The summed E-state index contributed by atoms with van der Waals surface area (Å²) in [5, 5.41) is 0. The van der Waals surface area contributed by atoms with Crippen LogP contribution >= 0.6 is 0 Å². The van der Waals surface area contributed by atoms with Gasteiger partial charge in [0.15, 0.2) is 0 Å². The molecular formula is C38H60O6Sn. The zero-order valence-electron chi connectivity index (χ0n) is 28.7. The van der Waals surface area contributed by atoms with Gasteiger partial charge in [0, 0.05) is 0 Å². The van der Waals surface area contributed by atoms with Gasteiger partial charge in [-0.05, 0) is 0 Å². The van der Waals surface area contributed by atoms with Crippen LogP contribution < -0.4 is 16.6 Å². The summed E-state index contributed by atoms with van der Waals surface area (Å²) in [6, 6.07) is 14.9. The Morgan fingerprint density at radius 1 is 0.467 bits per heavy atom. The van der Waals surface area contributed by atoms with Crippen molar-refractivity contribution in [2.75, 3.05) is 14.2 Å². The molecule has 2 aromatic rings. The number of methoxy groups -OCH3 is 2. The summed E-state index contributed by atoms with van der Waals surface area (Å²) in [6.07, 6.45) is 21.7. The molecule has 2 aromatic carbocycles. The van der Waals surface area contributed by atoms with E-state index in [-0.39, 0.29) is 11.9 Å². The predicted octanol–water partition coefficient (Wildman–Crippen LogP) is 9.19. The molecule has 0 unspecified atom stereocenters. The van der Waals surface area contributed by atoms with Gasteiger partial charge in [-0.25, -0.2) is 0 Å². The van der Waals surface area contributed by atoms with E-state index >= 15 is 0 Å². The molecule has 0 radical (unpaired) electrons. The molecular weight excluding hydrogens is 671 g/mol. The predicted molar refractivity (Wildman–Crippen MR) is 187 cm³/mol. The molecule has 6 nitrogen and oxygen atoms in total. The van der Waals surface area contributed by atoms with Crippen molar-refractivity contribution in [2.24, 2.45) is 0 Å². The Labute approximate surface area is 278 Å². The fraction of sp³-hybridized carbons (Fsp3) is 0.632. The Morgan fingerprint density at radius 2 is 0.756 bits per heavy atom. The molecule has 0 fully saturated rings. The average molecular weight is 732 g/mol. The van der Waals surface area contributed by atoms with Crippen LogP contribution in [0.1, 0.15) is 142 Å². The number of unbranched alkanes of at least 4 members (excludes halogenated alkanes) is 16. The minimum atomic E-state index is -4.78. The number of rotatable bonds is 26. The summed E-state index contributed by atoms with van der Waals surface area (Å²) >= 11 is -4.78. The Morgan fingerprint density at radius 3 is 1.04 bits per heavy atom. The molecule has 0 aromatic heterocycles. The minimum absolute atomic E-state index is 0.295. The molecule has 0 aliphatic heterocycles. The first-order valence-electron chi connectivity index (χ1n) is 17.7. The molecule has 0 saturated carbocycles. The van der Waals surface area contributed by atoms with Crippen LogP contribution in [0.5, 0.6) is 11.5 Å². The fourth-order valence-corrected chi connectivity index (χ4v) is 13.9. The van der Waals surface area contributed by atoms with E-state index in [2.05, 4.69) is 13.8 Å². The first kappa shape index (κ1) is 39.0. The van der Waals surface area contributed by atoms with Crippen LogP contribution in [0.3, 0.4) is 0 Å². The SMILES string of the molecule is CCCCCCCCCCCC(=O)[O][Sn]([O]C(=O)CCCCCCCCCCC)([c]1ccc(OC)cc1)[c]1ccc(OC)cc1. The molecule has 0 aliphatic rings. The van der Waals surface area contributed by atoms with Crippen LogP contribution in [0.4, 0.5) is 0 Å². The van der Waals surface area contributed by atoms with Gasteiger partial charge in [0.05, 0.1) is 0 Å². The van der Waals surface area contributed by atoms with E-state index in [1.807, 2.05) is 48.5 Å². The van der Waals surface area contributed by atoms with Crippen LogP contribution in [0.25, 0.3) is 0 Å². The molecule has 0 amide bonds. The molecule has 2 rings (SSSR count). The number of ether oxygens (including phenoxy) is 2. The van der Waals surface area contributed by atoms with Gasteiger partial charge < -0.3 is 0 Å². The van der Waals surface area contributed by atoms with E-state index in [0.717, 1.165) is 45.7 Å². The zero-order chi connectivity index (χ0) is 32.6. The second kappa shape index (κ2) is 24.0. The van der Waals surface area contributed by atoms with Crippen molar-refractivity contribution in [3.8, 4) is 11.5 Å². The van der Waals surface area contributed by atoms with E-state index in [0.29, 0.717) is 24.3 Å². The first-order valence-corrected chi connectivity index (χ1v) is 22.9. The van der Waals surface area contributed by atoms with Gasteiger partial charge in [-0.3, -0.25) is 0 Å². The van der Waals surface area contributed by atoms with Gasteiger partial charge in [-0.1, -0.05) is 13.8 Å². The second-order valence-corrected chi connectivity index (χ2v) is 20.2. The van der Waals surface area contributed by atoms with Crippen molar-refractivity contribution in [2.45, 2.75) is 142 Å².